The van der Waals surface area contributed by atoms with Crippen molar-refractivity contribution in [3.63, 3.8) is 0 Å². The Morgan fingerprint density at radius 1 is 1.36 bits per heavy atom. The molecule has 0 bridgehead atoms. The number of rotatable bonds is 5. The normalized spacial score (nSPS) is 13.2. The molecule has 3 nitrogen and oxygen atoms in total. The van der Waals surface area contributed by atoms with Crippen LogP contribution in [0.25, 0.3) is 0 Å². The van der Waals surface area contributed by atoms with Crippen LogP contribution < -0.4 is 0 Å². The second kappa shape index (κ2) is 6.83. The van der Waals surface area contributed by atoms with Crippen molar-refractivity contribution < 1.29 is 14.2 Å². The molecular weight excluding hydrogens is 180 g/mol. The minimum absolute atomic E-state index is 0.230. The van der Waals surface area contributed by atoms with Gasteiger partial charge in [-0.2, -0.15) is 0 Å². The van der Waals surface area contributed by atoms with Crippen LogP contribution in [0.5, 0.6) is 0 Å². The summed E-state index contributed by atoms with van der Waals surface area (Å²) in [5.74, 6) is 5.84. The lowest BCUT2D eigenvalue weighted by Crippen LogP contribution is -2.29. The molecule has 0 saturated carbocycles. The molecule has 0 radical (unpaired) electrons. The first-order valence-corrected chi connectivity index (χ1v) is 4.80. The Labute approximate surface area is 86.7 Å². The first kappa shape index (κ1) is 13.4. The zero-order valence-electron chi connectivity index (χ0n) is 9.72. The van der Waals surface area contributed by atoms with Crippen molar-refractivity contribution in [3.05, 3.63) is 0 Å². The van der Waals surface area contributed by atoms with Gasteiger partial charge in [-0.3, -0.25) is 0 Å². The standard InChI is InChI=1S/C11H20O3/c1-6-13-10(2)14-11(3,4)8-7-9-12-5/h10H,6,9H2,1-5H3. The molecule has 0 aromatic rings. The predicted octanol–water partition coefficient (Wildman–Crippen LogP) is 1.81. The van der Waals surface area contributed by atoms with Gasteiger partial charge in [0, 0.05) is 13.7 Å². The summed E-state index contributed by atoms with van der Waals surface area (Å²) in [6.07, 6.45) is -0.230. The summed E-state index contributed by atoms with van der Waals surface area (Å²) in [5, 5.41) is 0. The van der Waals surface area contributed by atoms with Gasteiger partial charge in [0.2, 0.25) is 0 Å². The highest BCUT2D eigenvalue weighted by Gasteiger charge is 2.18. The molecule has 0 spiro atoms. The average molecular weight is 200 g/mol. The Balaban J connectivity index is 4.00. The molecule has 0 aromatic carbocycles. The Morgan fingerprint density at radius 2 is 2.00 bits per heavy atom. The van der Waals surface area contributed by atoms with Gasteiger partial charge in [-0.25, -0.2) is 0 Å². The molecule has 3 heteroatoms. The van der Waals surface area contributed by atoms with Crippen LogP contribution >= 0.6 is 0 Å². The molecule has 0 aliphatic rings. The van der Waals surface area contributed by atoms with E-state index in [2.05, 4.69) is 11.8 Å². The minimum Gasteiger partial charge on any atom is -0.372 e. The van der Waals surface area contributed by atoms with E-state index in [4.69, 9.17) is 14.2 Å². The van der Waals surface area contributed by atoms with Crippen molar-refractivity contribution in [1.29, 1.82) is 0 Å². The molecule has 0 saturated heterocycles. The average Bonchev–Trinajstić information content (AvgIpc) is 2.03. The van der Waals surface area contributed by atoms with E-state index in [0.29, 0.717) is 13.2 Å². The predicted molar refractivity (Wildman–Crippen MR) is 55.9 cm³/mol. The van der Waals surface area contributed by atoms with E-state index < -0.39 is 5.60 Å². The van der Waals surface area contributed by atoms with Gasteiger partial charge in [-0.05, 0) is 27.7 Å². The largest absolute Gasteiger partial charge is 0.372 e. The third kappa shape index (κ3) is 6.90. The molecule has 1 atom stereocenters. The number of hydrogen-bond donors (Lipinski definition) is 0. The summed E-state index contributed by atoms with van der Waals surface area (Å²) in [7, 11) is 1.62. The van der Waals surface area contributed by atoms with Crippen molar-refractivity contribution in [1.82, 2.24) is 0 Å². The molecule has 0 aliphatic carbocycles. The Morgan fingerprint density at radius 3 is 2.50 bits per heavy atom. The van der Waals surface area contributed by atoms with Gasteiger partial charge in [0.1, 0.15) is 12.2 Å². The van der Waals surface area contributed by atoms with Gasteiger partial charge in [0.15, 0.2) is 6.29 Å². The SMILES string of the molecule is CCOC(C)OC(C)(C)C#CCOC. The second-order valence-electron chi connectivity index (χ2n) is 3.39. The summed E-state index contributed by atoms with van der Waals surface area (Å²) in [6.45, 7) is 8.68. The zero-order chi connectivity index (χ0) is 11.0. The topological polar surface area (TPSA) is 27.7 Å². The molecule has 1 unspecified atom stereocenters. The van der Waals surface area contributed by atoms with Gasteiger partial charge in [0.25, 0.3) is 0 Å². The molecule has 0 aromatic heterocycles. The van der Waals surface area contributed by atoms with Crippen molar-refractivity contribution >= 4 is 0 Å². The zero-order valence-corrected chi connectivity index (χ0v) is 9.72. The van der Waals surface area contributed by atoms with Gasteiger partial charge >= 0.3 is 0 Å². The molecule has 0 rings (SSSR count). The van der Waals surface area contributed by atoms with Crippen LogP contribution in [0.1, 0.15) is 27.7 Å². The van der Waals surface area contributed by atoms with Crippen molar-refractivity contribution in [2.45, 2.75) is 39.6 Å². The fraction of sp³-hybridized carbons (Fsp3) is 0.818. The van der Waals surface area contributed by atoms with Crippen molar-refractivity contribution in [2.24, 2.45) is 0 Å². The quantitative estimate of drug-likeness (QED) is 0.500. The molecule has 0 heterocycles. The Hall–Kier alpha value is -0.560. The van der Waals surface area contributed by atoms with Crippen LogP contribution in [0.3, 0.4) is 0 Å². The highest BCUT2D eigenvalue weighted by atomic mass is 16.7. The van der Waals surface area contributed by atoms with Gasteiger partial charge in [0.05, 0.1) is 0 Å². The lowest BCUT2D eigenvalue weighted by Gasteiger charge is -2.23. The smallest absolute Gasteiger partial charge is 0.156 e. The van der Waals surface area contributed by atoms with Crippen LogP contribution in [0.4, 0.5) is 0 Å². The van der Waals surface area contributed by atoms with E-state index >= 15 is 0 Å². The van der Waals surface area contributed by atoms with Crippen LogP contribution in [-0.4, -0.2) is 32.2 Å². The molecule has 0 fully saturated rings. The monoisotopic (exact) mass is 200 g/mol. The number of methoxy groups -OCH3 is 1. The Kier molecular flexibility index (Phi) is 6.56. The van der Waals surface area contributed by atoms with Crippen molar-refractivity contribution in [3.8, 4) is 11.8 Å². The van der Waals surface area contributed by atoms with Crippen LogP contribution in [0, 0.1) is 11.8 Å². The summed E-state index contributed by atoms with van der Waals surface area (Å²) < 4.78 is 15.7. The maximum absolute atomic E-state index is 5.57. The second-order valence-corrected chi connectivity index (χ2v) is 3.39. The van der Waals surface area contributed by atoms with Crippen LogP contribution in [0.2, 0.25) is 0 Å². The van der Waals surface area contributed by atoms with E-state index in [0.717, 1.165) is 0 Å². The first-order chi connectivity index (χ1) is 6.52. The van der Waals surface area contributed by atoms with E-state index in [1.165, 1.54) is 0 Å². The summed E-state index contributed by atoms with van der Waals surface area (Å²) >= 11 is 0. The highest BCUT2D eigenvalue weighted by Crippen LogP contribution is 2.11. The Bertz CT molecular complexity index is 200. The van der Waals surface area contributed by atoms with Crippen LogP contribution in [0.15, 0.2) is 0 Å². The maximum atomic E-state index is 5.57. The third-order valence-corrected chi connectivity index (χ3v) is 1.47. The summed E-state index contributed by atoms with van der Waals surface area (Å²) in [6, 6.07) is 0. The summed E-state index contributed by atoms with van der Waals surface area (Å²) in [4.78, 5) is 0. The van der Waals surface area contributed by atoms with Gasteiger partial charge in [-0.1, -0.05) is 11.8 Å². The minimum atomic E-state index is -0.493. The number of hydrogen-bond acceptors (Lipinski definition) is 3. The molecule has 0 N–H and O–H groups in total. The fourth-order valence-electron chi connectivity index (χ4n) is 1.03. The van der Waals surface area contributed by atoms with Gasteiger partial charge in [-0.15, -0.1) is 0 Å². The molecule has 82 valence electrons. The molecule has 0 aliphatic heterocycles. The molecule has 14 heavy (non-hydrogen) atoms. The van der Waals surface area contributed by atoms with Crippen molar-refractivity contribution in [2.75, 3.05) is 20.3 Å². The lowest BCUT2D eigenvalue weighted by molar-refractivity contribution is -0.169. The van der Waals surface area contributed by atoms with E-state index in [1.54, 1.807) is 7.11 Å². The maximum Gasteiger partial charge on any atom is 0.156 e. The van der Waals surface area contributed by atoms with E-state index in [9.17, 15) is 0 Å². The lowest BCUT2D eigenvalue weighted by atomic mass is 10.1. The van der Waals surface area contributed by atoms with Crippen LogP contribution in [-0.2, 0) is 14.2 Å². The molecular formula is C11H20O3. The third-order valence-electron chi connectivity index (χ3n) is 1.47. The van der Waals surface area contributed by atoms with E-state index in [-0.39, 0.29) is 6.29 Å². The highest BCUT2D eigenvalue weighted by molar-refractivity contribution is 5.11. The fourth-order valence-corrected chi connectivity index (χ4v) is 1.03. The first-order valence-electron chi connectivity index (χ1n) is 4.80. The molecule has 0 amide bonds. The van der Waals surface area contributed by atoms with E-state index in [1.807, 2.05) is 27.7 Å². The van der Waals surface area contributed by atoms with Gasteiger partial charge < -0.3 is 14.2 Å². The number of ether oxygens (including phenoxy) is 3. The summed E-state index contributed by atoms with van der Waals surface area (Å²) in [5.41, 5.74) is -0.493.